The van der Waals surface area contributed by atoms with Crippen LogP contribution in [-0.2, 0) is 0 Å². The van der Waals surface area contributed by atoms with Gasteiger partial charge in [0.05, 0.1) is 0 Å². The molecule has 3 nitrogen and oxygen atoms in total. The first-order valence-corrected chi connectivity index (χ1v) is 3.37. The molecule has 0 amide bonds. The van der Waals surface area contributed by atoms with Crippen molar-refractivity contribution in [3.05, 3.63) is 29.8 Å². The molecule has 1 rings (SSSR count). The molecule has 0 fully saturated rings. The number of rotatable bonds is 2. The highest BCUT2D eigenvalue weighted by molar-refractivity contribution is 6.00. The molecule has 0 radical (unpaired) electrons. The van der Waals surface area contributed by atoms with E-state index in [2.05, 4.69) is 5.32 Å². The number of hydrogen-bond donors (Lipinski definition) is 3. The summed E-state index contributed by atoms with van der Waals surface area (Å²) >= 11 is 0. The molecule has 0 unspecified atom stereocenters. The summed E-state index contributed by atoms with van der Waals surface area (Å²) in [5, 5.41) is 10.2. The van der Waals surface area contributed by atoms with Crippen LogP contribution in [0.2, 0.25) is 0 Å². The Morgan fingerprint density at radius 3 is 2.42 bits per heavy atom. The van der Waals surface area contributed by atoms with Crippen LogP contribution in [0, 0.1) is 5.41 Å². The van der Waals surface area contributed by atoms with Crippen molar-refractivity contribution in [1.29, 1.82) is 5.41 Å². The fourth-order valence-corrected chi connectivity index (χ4v) is 0.936. The van der Waals surface area contributed by atoms with Gasteiger partial charge < -0.3 is 11.1 Å². The van der Waals surface area contributed by atoms with Gasteiger partial charge in [0.25, 0.3) is 0 Å². The average Bonchev–Trinajstić information content (AvgIpc) is 2.04. The molecule has 0 bridgehead atoms. The minimum Gasteiger partial charge on any atom is -0.388 e. The lowest BCUT2D eigenvalue weighted by Crippen LogP contribution is -2.13. The lowest BCUT2D eigenvalue weighted by atomic mass is 10.1. The summed E-state index contributed by atoms with van der Waals surface area (Å²) in [5.41, 5.74) is 6.97. The molecule has 1 aromatic carbocycles. The molecule has 0 saturated carbocycles. The molecular formula is C9H15N3. The first kappa shape index (κ1) is 10.5. The zero-order valence-corrected chi connectivity index (χ0v) is 6.39. The van der Waals surface area contributed by atoms with E-state index in [1.165, 1.54) is 0 Å². The topological polar surface area (TPSA) is 61.9 Å². The van der Waals surface area contributed by atoms with E-state index in [4.69, 9.17) is 11.1 Å². The summed E-state index contributed by atoms with van der Waals surface area (Å²) in [7, 11) is 1.81. The Hall–Kier alpha value is -1.51. The second-order valence-electron chi connectivity index (χ2n) is 2.21. The normalized spacial score (nSPS) is 8.42. The number of benzene rings is 1. The van der Waals surface area contributed by atoms with Crippen LogP contribution in [0.5, 0.6) is 0 Å². The molecule has 66 valence electrons. The first-order chi connectivity index (χ1) is 5.25. The Morgan fingerprint density at radius 2 is 2.00 bits per heavy atom. The smallest absolute Gasteiger partial charge is 0.124 e. The Morgan fingerprint density at radius 1 is 1.42 bits per heavy atom. The van der Waals surface area contributed by atoms with Crippen molar-refractivity contribution in [3.63, 3.8) is 0 Å². The molecule has 3 heteroatoms. The van der Waals surface area contributed by atoms with E-state index in [1.807, 2.05) is 31.3 Å². The van der Waals surface area contributed by atoms with Crippen molar-refractivity contribution in [2.75, 3.05) is 12.4 Å². The van der Waals surface area contributed by atoms with Crippen LogP contribution >= 0.6 is 0 Å². The number of nitrogen functional groups attached to an aromatic ring is 1. The third kappa shape index (κ3) is 1.99. The van der Waals surface area contributed by atoms with Gasteiger partial charge in [0.2, 0.25) is 0 Å². The van der Waals surface area contributed by atoms with Crippen molar-refractivity contribution in [2.45, 2.75) is 7.43 Å². The Labute approximate surface area is 73.1 Å². The van der Waals surface area contributed by atoms with Gasteiger partial charge in [0.1, 0.15) is 5.84 Å². The van der Waals surface area contributed by atoms with Crippen LogP contribution in [0.1, 0.15) is 13.0 Å². The zero-order valence-electron chi connectivity index (χ0n) is 6.39. The fourth-order valence-electron chi connectivity index (χ4n) is 0.936. The summed E-state index contributed by atoms with van der Waals surface area (Å²) < 4.78 is 0. The lowest BCUT2D eigenvalue weighted by molar-refractivity contribution is 1.40. The maximum atomic E-state index is 7.22. The molecule has 0 heterocycles. The minimum atomic E-state index is 0. The summed E-state index contributed by atoms with van der Waals surface area (Å²) in [4.78, 5) is 0. The van der Waals surface area contributed by atoms with Crippen molar-refractivity contribution in [1.82, 2.24) is 0 Å². The fraction of sp³-hybridized carbons (Fsp3) is 0.222. The second kappa shape index (κ2) is 4.38. The average molecular weight is 165 g/mol. The van der Waals surface area contributed by atoms with Gasteiger partial charge in [-0.15, -0.1) is 0 Å². The highest BCUT2D eigenvalue weighted by Crippen LogP contribution is 2.12. The van der Waals surface area contributed by atoms with Gasteiger partial charge in [-0.3, -0.25) is 5.41 Å². The van der Waals surface area contributed by atoms with Gasteiger partial charge in [-0.05, 0) is 12.1 Å². The van der Waals surface area contributed by atoms with Gasteiger partial charge in [-0.25, -0.2) is 0 Å². The van der Waals surface area contributed by atoms with Crippen LogP contribution in [0.25, 0.3) is 0 Å². The monoisotopic (exact) mass is 165 g/mol. The van der Waals surface area contributed by atoms with E-state index in [-0.39, 0.29) is 13.3 Å². The van der Waals surface area contributed by atoms with Crippen molar-refractivity contribution in [2.24, 2.45) is 5.73 Å². The van der Waals surface area contributed by atoms with Crippen molar-refractivity contribution < 1.29 is 0 Å². The highest BCUT2D eigenvalue weighted by atomic mass is 14.8. The second-order valence-corrected chi connectivity index (χ2v) is 2.21. The van der Waals surface area contributed by atoms with E-state index in [1.54, 1.807) is 0 Å². The summed E-state index contributed by atoms with van der Waals surface area (Å²) in [6.45, 7) is 0. The first-order valence-electron chi connectivity index (χ1n) is 3.37. The number of amidine groups is 1. The highest BCUT2D eigenvalue weighted by Gasteiger charge is 2.00. The predicted octanol–water partition coefficient (Wildman–Crippen LogP) is 1.65. The number of nitrogens with two attached hydrogens (primary N) is 1. The molecule has 0 atom stereocenters. The molecule has 0 saturated heterocycles. The van der Waals surface area contributed by atoms with E-state index < -0.39 is 0 Å². The molecule has 12 heavy (non-hydrogen) atoms. The van der Waals surface area contributed by atoms with Crippen LogP contribution in [0.3, 0.4) is 0 Å². The van der Waals surface area contributed by atoms with Gasteiger partial charge >= 0.3 is 0 Å². The number of hydrogen-bond acceptors (Lipinski definition) is 2. The van der Waals surface area contributed by atoms with Gasteiger partial charge in [0.15, 0.2) is 0 Å². The third-order valence-corrected chi connectivity index (χ3v) is 1.49. The zero-order chi connectivity index (χ0) is 8.27. The summed E-state index contributed by atoms with van der Waals surface area (Å²) in [5.74, 6) is 0.0925. The minimum absolute atomic E-state index is 0. The Balaban J connectivity index is 0.00000121. The largest absolute Gasteiger partial charge is 0.388 e. The summed E-state index contributed by atoms with van der Waals surface area (Å²) in [6.07, 6.45) is 0. The van der Waals surface area contributed by atoms with E-state index in [9.17, 15) is 0 Å². The quantitative estimate of drug-likeness (QED) is 0.461. The van der Waals surface area contributed by atoms with Crippen molar-refractivity contribution in [3.8, 4) is 0 Å². The molecule has 0 aliphatic heterocycles. The molecule has 4 N–H and O–H groups in total. The van der Waals surface area contributed by atoms with Gasteiger partial charge in [-0.1, -0.05) is 19.6 Å². The standard InChI is InChI=1S/C8H11N3.CH4/c1-11-7-5-3-2-4-6(7)8(9)10;/h2-5,11H,1H3,(H3,9,10);1H4. The van der Waals surface area contributed by atoms with Gasteiger partial charge in [0, 0.05) is 18.3 Å². The van der Waals surface area contributed by atoms with E-state index in [0.29, 0.717) is 0 Å². The Kier molecular flexibility index (Phi) is 3.83. The van der Waals surface area contributed by atoms with E-state index >= 15 is 0 Å². The number of para-hydroxylation sites is 1. The van der Waals surface area contributed by atoms with Crippen LogP contribution in [0.4, 0.5) is 5.69 Å². The van der Waals surface area contributed by atoms with Gasteiger partial charge in [-0.2, -0.15) is 0 Å². The predicted molar refractivity (Wildman–Crippen MR) is 53.7 cm³/mol. The van der Waals surface area contributed by atoms with E-state index in [0.717, 1.165) is 11.3 Å². The van der Waals surface area contributed by atoms with Crippen LogP contribution < -0.4 is 11.1 Å². The number of anilines is 1. The molecule has 0 spiro atoms. The molecule has 0 aromatic heterocycles. The molecule has 1 aromatic rings. The molecule has 0 aliphatic carbocycles. The summed E-state index contributed by atoms with van der Waals surface area (Å²) in [6, 6.07) is 7.46. The van der Waals surface area contributed by atoms with Crippen molar-refractivity contribution >= 4 is 11.5 Å². The maximum absolute atomic E-state index is 7.22. The lowest BCUT2D eigenvalue weighted by Gasteiger charge is -2.05. The van der Waals surface area contributed by atoms with Crippen LogP contribution in [-0.4, -0.2) is 12.9 Å². The molecule has 0 aliphatic rings. The molecular weight excluding hydrogens is 150 g/mol. The third-order valence-electron chi connectivity index (χ3n) is 1.49. The maximum Gasteiger partial charge on any atom is 0.124 e. The number of nitrogens with one attached hydrogen (secondary N) is 2. The van der Waals surface area contributed by atoms with Crippen LogP contribution in [0.15, 0.2) is 24.3 Å². The SMILES string of the molecule is C.CNc1ccccc1C(=N)N. The Bertz CT molecular complexity index is 268.